The van der Waals surface area contributed by atoms with Crippen LogP contribution in [0.25, 0.3) is 11.1 Å². The summed E-state index contributed by atoms with van der Waals surface area (Å²) in [5.41, 5.74) is 1.00. The summed E-state index contributed by atoms with van der Waals surface area (Å²) in [5.74, 6) is 0.320. The molecule has 4 rings (SSSR count). The zero-order valence-corrected chi connectivity index (χ0v) is 21.2. The van der Waals surface area contributed by atoms with E-state index in [9.17, 15) is 18.7 Å². The maximum absolute atomic E-state index is 13.6. The Morgan fingerprint density at radius 3 is 2.86 bits per heavy atom. The number of aromatic nitrogens is 2. The lowest BCUT2D eigenvalue weighted by Gasteiger charge is -2.45. The number of nitrogens with zero attached hydrogens (tertiary/aromatic N) is 3. The van der Waals surface area contributed by atoms with Gasteiger partial charge in [-0.15, -0.1) is 0 Å². The number of aliphatic hydroxyl groups excluding tert-OH is 1. The Morgan fingerprint density at radius 2 is 2.16 bits per heavy atom. The normalized spacial score (nSPS) is 20.1. The molecule has 3 heterocycles. The van der Waals surface area contributed by atoms with Crippen LogP contribution in [0.3, 0.4) is 0 Å². The molecule has 1 amide bonds. The van der Waals surface area contributed by atoms with Crippen LogP contribution in [0.5, 0.6) is 5.75 Å². The van der Waals surface area contributed by atoms with Crippen molar-refractivity contribution >= 4 is 28.6 Å². The standard InChI is InChI=1S/C25H28ClF2N3O6/c1-25(6-8-32)14-31(18(13-36-25)12-35-24(27)28)23(33)15-9-19-22(20(10-15)34-2)37-21(30-19)4-3-17-11-16(26)5-7-29-17/h5,7,9-11,18,24,32H,3-4,6,8,12-14H2,1-2H3. The van der Waals surface area contributed by atoms with E-state index in [0.717, 1.165) is 5.69 Å². The Hall–Kier alpha value is -2.86. The van der Waals surface area contributed by atoms with Crippen molar-refractivity contribution in [3.8, 4) is 5.75 Å². The van der Waals surface area contributed by atoms with Gasteiger partial charge in [0.1, 0.15) is 5.52 Å². The Balaban J connectivity index is 1.60. The molecule has 1 aromatic carbocycles. The first-order valence-electron chi connectivity index (χ1n) is 11.7. The minimum Gasteiger partial charge on any atom is -0.493 e. The van der Waals surface area contributed by atoms with E-state index in [4.69, 9.17) is 25.5 Å². The predicted octanol–water partition coefficient (Wildman–Crippen LogP) is 3.89. The second-order valence-corrected chi connectivity index (χ2v) is 9.45. The summed E-state index contributed by atoms with van der Waals surface area (Å²) in [7, 11) is 1.45. The van der Waals surface area contributed by atoms with Crippen LogP contribution < -0.4 is 4.74 Å². The maximum Gasteiger partial charge on any atom is 0.345 e. The van der Waals surface area contributed by atoms with Gasteiger partial charge < -0.3 is 28.6 Å². The second kappa shape index (κ2) is 11.7. The van der Waals surface area contributed by atoms with E-state index >= 15 is 0 Å². The molecule has 1 aliphatic heterocycles. The molecule has 0 spiro atoms. The van der Waals surface area contributed by atoms with Gasteiger partial charge in [-0.25, -0.2) is 4.98 Å². The highest BCUT2D eigenvalue weighted by atomic mass is 35.5. The first-order valence-corrected chi connectivity index (χ1v) is 12.1. The summed E-state index contributed by atoms with van der Waals surface area (Å²) in [5, 5.41) is 10.0. The molecule has 3 aromatic rings. The van der Waals surface area contributed by atoms with Gasteiger partial charge in [0.05, 0.1) is 38.5 Å². The van der Waals surface area contributed by atoms with Gasteiger partial charge in [-0.05, 0) is 37.6 Å². The molecule has 200 valence electrons. The third-order valence-electron chi connectivity index (χ3n) is 6.23. The van der Waals surface area contributed by atoms with E-state index in [1.807, 2.05) is 0 Å². The molecule has 1 saturated heterocycles. The van der Waals surface area contributed by atoms with Crippen LogP contribution >= 0.6 is 11.6 Å². The lowest BCUT2D eigenvalue weighted by atomic mass is 9.97. The molecule has 0 aliphatic carbocycles. The molecule has 12 heteroatoms. The lowest BCUT2D eigenvalue weighted by Crippen LogP contribution is -2.59. The monoisotopic (exact) mass is 539 g/mol. The summed E-state index contributed by atoms with van der Waals surface area (Å²) in [6.45, 7) is -1.70. The Morgan fingerprint density at radius 1 is 1.35 bits per heavy atom. The molecule has 0 bridgehead atoms. The number of pyridine rings is 1. The number of methoxy groups -OCH3 is 1. The molecule has 1 aliphatic rings. The van der Waals surface area contributed by atoms with Crippen molar-refractivity contribution in [2.75, 3.05) is 33.5 Å². The molecule has 0 saturated carbocycles. The number of aliphatic hydroxyl groups is 1. The second-order valence-electron chi connectivity index (χ2n) is 9.02. The third kappa shape index (κ3) is 6.53. The fourth-order valence-electron chi connectivity index (χ4n) is 4.29. The number of carbonyl (C=O) groups excluding carboxylic acids is 1. The fourth-order valence-corrected chi connectivity index (χ4v) is 4.47. The number of benzene rings is 1. The van der Waals surface area contributed by atoms with Gasteiger partial charge in [0, 0.05) is 41.9 Å². The van der Waals surface area contributed by atoms with Crippen LogP contribution in [0.2, 0.25) is 5.02 Å². The average Bonchev–Trinajstić information content (AvgIpc) is 3.29. The summed E-state index contributed by atoms with van der Waals surface area (Å²) in [4.78, 5) is 23.9. The highest BCUT2D eigenvalue weighted by molar-refractivity contribution is 6.30. The van der Waals surface area contributed by atoms with Gasteiger partial charge in [0.25, 0.3) is 5.91 Å². The summed E-state index contributed by atoms with van der Waals surface area (Å²) < 4.78 is 47.1. The Bertz CT molecular complexity index is 1240. The number of ether oxygens (including phenoxy) is 3. The summed E-state index contributed by atoms with van der Waals surface area (Å²) in [6.07, 6.45) is 2.89. The molecule has 1 fully saturated rings. The van der Waals surface area contributed by atoms with Crippen LogP contribution in [0.4, 0.5) is 8.78 Å². The van der Waals surface area contributed by atoms with Crippen molar-refractivity contribution in [3.05, 3.63) is 52.6 Å². The highest BCUT2D eigenvalue weighted by Crippen LogP contribution is 2.32. The molecule has 37 heavy (non-hydrogen) atoms. The molecule has 1 N–H and O–H groups in total. The largest absolute Gasteiger partial charge is 0.493 e. The summed E-state index contributed by atoms with van der Waals surface area (Å²) in [6, 6.07) is 5.83. The van der Waals surface area contributed by atoms with E-state index in [1.165, 1.54) is 18.1 Å². The minimum atomic E-state index is -2.98. The van der Waals surface area contributed by atoms with Crippen molar-refractivity contribution in [1.29, 1.82) is 0 Å². The quantitative estimate of drug-likeness (QED) is 0.413. The molecule has 2 unspecified atom stereocenters. The molecular formula is C25H28ClF2N3O6. The van der Waals surface area contributed by atoms with Crippen LogP contribution in [0.15, 0.2) is 34.9 Å². The van der Waals surface area contributed by atoms with Gasteiger partial charge in [-0.3, -0.25) is 9.78 Å². The number of hydrogen-bond acceptors (Lipinski definition) is 8. The van der Waals surface area contributed by atoms with Crippen LogP contribution in [0.1, 0.15) is 35.3 Å². The first kappa shape index (κ1) is 27.2. The zero-order valence-electron chi connectivity index (χ0n) is 20.5. The summed E-state index contributed by atoms with van der Waals surface area (Å²) >= 11 is 6.03. The molecule has 9 nitrogen and oxygen atoms in total. The van der Waals surface area contributed by atoms with Crippen LogP contribution in [-0.2, 0) is 22.3 Å². The van der Waals surface area contributed by atoms with E-state index in [-0.39, 0.29) is 31.7 Å². The smallest absolute Gasteiger partial charge is 0.345 e. The number of halogens is 3. The van der Waals surface area contributed by atoms with Crippen molar-refractivity contribution in [3.63, 3.8) is 0 Å². The maximum atomic E-state index is 13.6. The van der Waals surface area contributed by atoms with Crippen LogP contribution in [0, 0.1) is 0 Å². The van der Waals surface area contributed by atoms with Crippen molar-refractivity contribution in [1.82, 2.24) is 14.9 Å². The third-order valence-corrected chi connectivity index (χ3v) is 6.46. The Labute approximate surface area is 217 Å². The topological polar surface area (TPSA) is 107 Å². The predicted molar refractivity (Wildman–Crippen MR) is 130 cm³/mol. The van der Waals surface area contributed by atoms with Crippen molar-refractivity contribution < 1.29 is 37.3 Å². The number of alkyl halides is 2. The van der Waals surface area contributed by atoms with Gasteiger partial charge in [-0.2, -0.15) is 8.78 Å². The number of fused-ring (bicyclic) bond motifs is 1. The fraction of sp³-hybridized carbons (Fsp3) is 0.480. The Kier molecular flexibility index (Phi) is 8.58. The first-order chi connectivity index (χ1) is 17.7. The number of hydrogen-bond donors (Lipinski definition) is 1. The van der Waals surface area contributed by atoms with Crippen molar-refractivity contribution in [2.24, 2.45) is 0 Å². The van der Waals surface area contributed by atoms with E-state index in [1.54, 1.807) is 31.3 Å². The number of carbonyl (C=O) groups is 1. The van der Waals surface area contributed by atoms with E-state index in [2.05, 4.69) is 14.7 Å². The average molecular weight is 540 g/mol. The number of amides is 1. The van der Waals surface area contributed by atoms with Gasteiger partial charge >= 0.3 is 6.61 Å². The van der Waals surface area contributed by atoms with Gasteiger partial charge in [0.2, 0.25) is 0 Å². The number of aryl methyl sites for hydroxylation is 2. The van der Waals surface area contributed by atoms with Crippen LogP contribution in [-0.4, -0.2) is 77.6 Å². The minimum absolute atomic E-state index is 0.0139. The zero-order chi connectivity index (χ0) is 26.6. The van der Waals surface area contributed by atoms with Gasteiger partial charge in [-0.1, -0.05) is 11.6 Å². The SMILES string of the molecule is COc1cc(C(=O)N2CC(C)(CCO)OCC2COC(F)F)cc2nc(CCc3cc(Cl)ccn3)oc12. The molecule has 2 aromatic heterocycles. The van der Waals surface area contributed by atoms with Gasteiger partial charge in [0.15, 0.2) is 17.2 Å². The number of oxazole rings is 1. The highest BCUT2D eigenvalue weighted by Gasteiger charge is 2.40. The van der Waals surface area contributed by atoms with Crippen molar-refractivity contribution in [2.45, 2.75) is 44.4 Å². The lowest BCUT2D eigenvalue weighted by molar-refractivity contribution is -0.172. The number of morpholine rings is 1. The van der Waals surface area contributed by atoms with E-state index < -0.39 is 30.8 Å². The van der Waals surface area contributed by atoms with E-state index in [0.29, 0.717) is 40.6 Å². The molecule has 2 atom stereocenters. The molecular weight excluding hydrogens is 512 g/mol. The molecule has 0 radical (unpaired) electrons. The number of rotatable bonds is 10.